The smallest absolute Gasteiger partial charge is 0.225 e. The molecule has 2 saturated heterocycles. The summed E-state index contributed by atoms with van der Waals surface area (Å²) in [5.41, 5.74) is 0.645. The number of para-hydroxylation sites is 1. The van der Waals surface area contributed by atoms with Crippen molar-refractivity contribution in [1.82, 2.24) is 4.90 Å². The van der Waals surface area contributed by atoms with Crippen LogP contribution in [-0.4, -0.2) is 49.2 Å². The van der Waals surface area contributed by atoms with Crippen LogP contribution in [-0.2, 0) is 9.53 Å². The lowest BCUT2D eigenvalue weighted by Gasteiger charge is -2.39. The van der Waals surface area contributed by atoms with Crippen LogP contribution in [0, 0.1) is 11.7 Å². The number of hydrogen-bond acceptors (Lipinski definition) is 3. The molecule has 4 nitrogen and oxygen atoms in total. The summed E-state index contributed by atoms with van der Waals surface area (Å²) < 4.78 is 19.6. The number of morpholine rings is 1. The third kappa shape index (κ3) is 3.66. The van der Waals surface area contributed by atoms with Gasteiger partial charge in [0.15, 0.2) is 0 Å². The quantitative estimate of drug-likeness (QED) is 0.840. The second-order valence-corrected chi connectivity index (χ2v) is 6.71. The fraction of sp³-hybridized carbons (Fsp3) is 0.611. The molecule has 0 bridgehead atoms. The third-order valence-electron chi connectivity index (χ3n) is 4.77. The molecule has 0 radical (unpaired) electrons. The lowest BCUT2D eigenvalue weighted by Crippen LogP contribution is -2.51. The van der Waals surface area contributed by atoms with E-state index in [2.05, 4.69) is 0 Å². The lowest BCUT2D eigenvalue weighted by molar-refractivity contribution is -0.148. The van der Waals surface area contributed by atoms with E-state index in [1.165, 1.54) is 6.07 Å². The van der Waals surface area contributed by atoms with E-state index in [1.807, 2.05) is 35.8 Å². The zero-order valence-electron chi connectivity index (χ0n) is 13.9. The molecule has 1 aromatic carbocycles. The Morgan fingerprint density at radius 1 is 1.13 bits per heavy atom. The van der Waals surface area contributed by atoms with Crippen LogP contribution in [0.3, 0.4) is 0 Å². The van der Waals surface area contributed by atoms with Crippen molar-refractivity contribution in [3.05, 3.63) is 30.1 Å². The minimum Gasteiger partial charge on any atom is -0.372 e. The molecule has 0 aliphatic carbocycles. The first-order valence-electron chi connectivity index (χ1n) is 8.48. The van der Waals surface area contributed by atoms with Crippen molar-refractivity contribution in [2.24, 2.45) is 5.92 Å². The first-order valence-corrected chi connectivity index (χ1v) is 8.48. The largest absolute Gasteiger partial charge is 0.372 e. The van der Waals surface area contributed by atoms with Crippen LogP contribution in [0.4, 0.5) is 10.1 Å². The molecular formula is C18H25FN2O2. The molecule has 23 heavy (non-hydrogen) atoms. The Morgan fingerprint density at radius 3 is 2.35 bits per heavy atom. The molecule has 2 atom stereocenters. The molecule has 2 unspecified atom stereocenters. The molecule has 126 valence electrons. The molecule has 2 aliphatic heterocycles. The molecule has 0 spiro atoms. The standard InChI is InChI=1S/C18H25FN2O2/c1-13-11-21(12-14(2)23-13)18(22)15-7-9-20(10-8-15)17-6-4-3-5-16(17)19/h3-6,13-15H,7-12H2,1-2H3. The maximum absolute atomic E-state index is 13.9. The Balaban J connectivity index is 1.58. The van der Waals surface area contributed by atoms with Crippen molar-refractivity contribution < 1.29 is 13.9 Å². The van der Waals surface area contributed by atoms with Crippen molar-refractivity contribution in [2.45, 2.75) is 38.9 Å². The number of carbonyl (C=O) groups is 1. The zero-order valence-corrected chi connectivity index (χ0v) is 13.9. The average molecular weight is 320 g/mol. The average Bonchev–Trinajstić information content (AvgIpc) is 2.54. The summed E-state index contributed by atoms with van der Waals surface area (Å²) >= 11 is 0. The fourth-order valence-electron chi connectivity index (χ4n) is 3.69. The van der Waals surface area contributed by atoms with Crippen LogP contribution >= 0.6 is 0 Å². The third-order valence-corrected chi connectivity index (χ3v) is 4.77. The van der Waals surface area contributed by atoms with Gasteiger partial charge in [0.05, 0.1) is 17.9 Å². The Bertz CT molecular complexity index is 548. The Labute approximate surface area is 137 Å². The minimum atomic E-state index is -0.187. The number of ether oxygens (including phenoxy) is 1. The molecular weight excluding hydrogens is 295 g/mol. The lowest BCUT2D eigenvalue weighted by atomic mass is 9.94. The van der Waals surface area contributed by atoms with Gasteiger partial charge in [0.1, 0.15) is 5.82 Å². The minimum absolute atomic E-state index is 0.0514. The first-order chi connectivity index (χ1) is 11.0. The number of rotatable bonds is 2. The van der Waals surface area contributed by atoms with Crippen molar-refractivity contribution in [2.75, 3.05) is 31.1 Å². The van der Waals surface area contributed by atoms with Gasteiger partial charge in [-0.1, -0.05) is 12.1 Å². The van der Waals surface area contributed by atoms with Gasteiger partial charge in [-0.2, -0.15) is 0 Å². The van der Waals surface area contributed by atoms with Gasteiger partial charge < -0.3 is 14.5 Å². The normalized spacial score (nSPS) is 26.4. The van der Waals surface area contributed by atoms with Gasteiger partial charge in [-0.05, 0) is 38.8 Å². The van der Waals surface area contributed by atoms with Crippen molar-refractivity contribution in [3.8, 4) is 0 Å². The zero-order chi connectivity index (χ0) is 16.4. The van der Waals surface area contributed by atoms with E-state index >= 15 is 0 Å². The summed E-state index contributed by atoms with van der Waals surface area (Å²) in [6.07, 6.45) is 1.77. The number of carbonyl (C=O) groups excluding carboxylic acids is 1. The summed E-state index contributed by atoms with van der Waals surface area (Å²) in [5.74, 6) is 0.101. The number of benzene rings is 1. The predicted octanol–water partition coefficient (Wildman–Crippen LogP) is 2.68. The number of piperidine rings is 1. The second-order valence-electron chi connectivity index (χ2n) is 6.71. The molecule has 2 fully saturated rings. The maximum Gasteiger partial charge on any atom is 0.225 e. The monoisotopic (exact) mass is 320 g/mol. The van der Waals surface area contributed by atoms with Gasteiger partial charge in [-0.25, -0.2) is 4.39 Å². The molecule has 1 aromatic rings. The molecule has 0 saturated carbocycles. The van der Waals surface area contributed by atoms with Crippen LogP contribution in [0.5, 0.6) is 0 Å². The highest BCUT2D eigenvalue weighted by atomic mass is 19.1. The highest BCUT2D eigenvalue weighted by Crippen LogP contribution is 2.27. The molecule has 2 aliphatic rings. The van der Waals surface area contributed by atoms with E-state index in [-0.39, 0.29) is 29.9 Å². The summed E-state index contributed by atoms with van der Waals surface area (Å²) in [4.78, 5) is 16.7. The van der Waals surface area contributed by atoms with E-state index in [9.17, 15) is 9.18 Å². The van der Waals surface area contributed by atoms with Crippen LogP contribution in [0.15, 0.2) is 24.3 Å². The van der Waals surface area contributed by atoms with Crippen molar-refractivity contribution in [1.29, 1.82) is 0 Å². The van der Waals surface area contributed by atoms with Crippen LogP contribution < -0.4 is 4.90 Å². The molecule has 1 amide bonds. The van der Waals surface area contributed by atoms with Gasteiger partial charge in [0.25, 0.3) is 0 Å². The summed E-state index contributed by atoms with van der Waals surface area (Å²) in [6.45, 7) is 6.83. The fourth-order valence-corrected chi connectivity index (χ4v) is 3.69. The number of amides is 1. The number of anilines is 1. The van der Waals surface area contributed by atoms with Gasteiger partial charge in [-0.15, -0.1) is 0 Å². The van der Waals surface area contributed by atoms with Crippen LogP contribution in [0.1, 0.15) is 26.7 Å². The Morgan fingerprint density at radius 2 is 1.74 bits per heavy atom. The number of halogens is 1. The molecule has 5 heteroatoms. The van der Waals surface area contributed by atoms with E-state index < -0.39 is 0 Å². The van der Waals surface area contributed by atoms with Crippen LogP contribution in [0.25, 0.3) is 0 Å². The summed E-state index contributed by atoms with van der Waals surface area (Å²) in [6, 6.07) is 6.86. The summed E-state index contributed by atoms with van der Waals surface area (Å²) in [7, 11) is 0. The van der Waals surface area contributed by atoms with Gasteiger partial charge >= 0.3 is 0 Å². The number of hydrogen-bond donors (Lipinski definition) is 0. The topological polar surface area (TPSA) is 32.8 Å². The summed E-state index contributed by atoms with van der Waals surface area (Å²) in [5, 5.41) is 0. The molecule has 0 N–H and O–H groups in total. The second kappa shape index (κ2) is 6.87. The molecule has 0 aromatic heterocycles. The maximum atomic E-state index is 13.9. The molecule has 2 heterocycles. The highest BCUT2D eigenvalue weighted by molar-refractivity contribution is 5.79. The Kier molecular flexibility index (Phi) is 4.85. The number of nitrogens with zero attached hydrogens (tertiary/aromatic N) is 2. The highest BCUT2D eigenvalue weighted by Gasteiger charge is 2.32. The first kappa shape index (κ1) is 16.2. The SMILES string of the molecule is CC1CN(C(=O)C2CCN(c3ccccc3F)CC2)CC(C)O1. The van der Waals surface area contributed by atoms with Gasteiger partial charge in [0, 0.05) is 32.1 Å². The van der Waals surface area contributed by atoms with Gasteiger partial charge in [0.2, 0.25) is 5.91 Å². The van der Waals surface area contributed by atoms with Crippen LogP contribution in [0.2, 0.25) is 0 Å². The predicted molar refractivity (Wildman–Crippen MR) is 87.9 cm³/mol. The van der Waals surface area contributed by atoms with E-state index in [1.54, 1.807) is 6.07 Å². The molecule has 3 rings (SSSR count). The van der Waals surface area contributed by atoms with E-state index in [0.717, 1.165) is 25.9 Å². The van der Waals surface area contributed by atoms with Crippen molar-refractivity contribution >= 4 is 11.6 Å². The van der Waals surface area contributed by atoms with Crippen molar-refractivity contribution in [3.63, 3.8) is 0 Å². The Hall–Kier alpha value is -1.62. The van der Waals surface area contributed by atoms with E-state index in [4.69, 9.17) is 4.74 Å². The van der Waals surface area contributed by atoms with Gasteiger partial charge in [-0.3, -0.25) is 4.79 Å². The van der Waals surface area contributed by atoms with E-state index in [0.29, 0.717) is 18.8 Å².